The number of alkyl carbamates (subject to hydrolysis) is 2. The summed E-state index contributed by atoms with van der Waals surface area (Å²) in [6, 6.07) is 25.4. The number of rotatable bonds is 13. The van der Waals surface area contributed by atoms with E-state index in [-0.39, 0.29) is 48.7 Å². The molecule has 2 aliphatic heterocycles. The summed E-state index contributed by atoms with van der Waals surface area (Å²) >= 11 is 0. The summed E-state index contributed by atoms with van der Waals surface area (Å²) in [4.78, 5) is 81.8. The number of hydrogen-bond donors (Lipinski definition) is 4. The van der Waals surface area contributed by atoms with Crippen LogP contribution >= 0.6 is 0 Å². The van der Waals surface area contributed by atoms with Crippen molar-refractivity contribution in [3.8, 4) is 33.6 Å². The summed E-state index contributed by atoms with van der Waals surface area (Å²) < 4.78 is 9.72. The monoisotopic (exact) mass is 862 g/mol. The van der Waals surface area contributed by atoms with Gasteiger partial charge in [0.05, 0.1) is 50.1 Å². The maximum absolute atomic E-state index is 14.3. The Kier molecular flexibility index (Phi) is 12.2. The second kappa shape index (κ2) is 18.5. The molecule has 6 aromatic rings. The highest BCUT2D eigenvalue weighted by molar-refractivity contribution is 5.87. The molecule has 3 fully saturated rings. The van der Waals surface area contributed by atoms with Crippen LogP contribution in [0.2, 0.25) is 0 Å². The largest absolute Gasteiger partial charge is 0.453 e. The molecule has 3 aliphatic rings. The number of likely N-dealkylation sites (tertiary alicyclic amines) is 2. The van der Waals surface area contributed by atoms with Crippen LogP contribution in [0.25, 0.3) is 33.6 Å². The van der Waals surface area contributed by atoms with Crippen LogP contribution in [0.15, 0.2) is 110 Å². The summed E-state index contributed by atoms with van der Waals surface area (Å²) in [6.07, 6.45) is 10.5. The predicted octanol–water partition coefficient (Wildman–Crippen LogP) is 6.57. The van der Waals surface area contributed by atoms with E-state index in [9.17, 15) is 19.2 Å². The summed E-state index contributed by atoms with van der Waals surface area (Å²) in [5.41, 5.74) is 7.09. The van der Waals surface area contributed by atoms with E-state index in [0.29, 0.717) is 23.8 Å². The van der Waals surface area contributed by atoms with Crippen LogP contribution in [0.1, 0.15) is 67.2 Å². The number of carbonyl (C=O) groups excluding carboxylic acids is 4. The molecule has 6 heterocycles. The van der Waals surface area contributed by atoms with Gasteiger partial charge >= 0.3 is 12.2 Å². The number of imidazole rings is 2. The molecule has 9 rings (SSSR count). The van der Waals surface area contributed by atoms with E-state index in [2.05, 4.69) is 67.0 Å². The lowest BCUT2D eigenvalue weighted by Gasteiger charge is -2.36. The van der Waals surface area contributed by atoms with Crippen molar-refractivity contribution in [2.45, 2.75) is 75.2 Å². The van der Waals surface area contributed by atoms with Crippen molar-refractivity contribution in [2.75, 3.05) is 20.8 Å². The third-order valence-corrected chi connectivity index (χ3v) is 12.7. The average molecular weight is 863 g/mol. The molecular weight excluding hydrogens is 813 g/mol. The summed E-state index contributed by atoms with van der Waals surface area (Å²) in [6.45, 7) is 0.545. The first-order chi connectivity index (χ1) is 31.3. The van der Waals surface area contributed by atoms with E-state index in [4.69, 9.17) is 19.4 Å². The van der Waals surface area contributed by atoms with Gasteiger partial charge in [0.25, 0.3) is 0 Å². The lowest BCUT2D eigenvalue weighted by Crippen LogP contribution is -2.52. The maximum Gasteiger partial charge on any atom is 0.407 e. The summed E-state index contributed by atoms with van der Waals surface area (Å²) in [5, 5.41) is 5.47. The molecule has 16 nitrogen and oxygen atoms in total. The minimum Gasteiger partial charge on any atom is -0.453 e. The Bertz CT molecular complexity index is 2580. The molecule has 2 saturated heterocycles. The highest BCUT2D eigenvalue weighted by Crippen LogP contribution is 2.50. The minimum absolute atomic E-state index is 0.0656. The van der Waals surface area contributed by atoms with Crippen LogP contribution < -0.4 is 10.6 Å². The Morgan fingerprint density at radius 3 is 1.73 bits per heavy atom. The first-order valence-corrected chi connectivity index (χ1v) is 21.7. The van der Waals surface area contributed by atoms with Gasteiger partial charge in [0.2, 0.25) is 11.8 Å². The second-order valence-corrected chi connectivity index (χ2v) is 16.6. The van der Waals surface area contributed by atoms with Gasteiger partial charge in [-0.1, -0.05) is 60.7 Å². The number of hydrogen-bond acceptors (Lipinski definition) is 10. The minimum atomic E-state index is -0.840. The predicted molar refractivity (Wildman–Crippen MR) is 236 cm³/mol. The van der Waals surface area contributed by atoms with Gasteiger partial charge in [-0.25, -0.2) is 19.6 Å². The highest BCUT2D eigenvalue weighted by Gasteiger charge is 2.51. The molecule has 4 aromatic heterocycles. The van der Waals surface area contributed by atoms with Crippen molar-refractivity contribution < 1.29 is 28.7 Å². The fourth-order valence-corrected chi connectivity index (χ4v) is 9.58. The molecule has 0 radical (unpaired) electrons. The van der Waals surface area contributed by atoms with Gasteiger partial charge in [-0.3, -0.25) is 19.6 Å². The first-order valence-electron chi connectivity index (χ1n) is 21.7. The Balaban J connectivity index is 0.863. The SMILES string of the molecule is COC(=O)N[C@@H](Cc1ccccn1)C(=O)N1CCC[C@H]1c1ncc(-c2ccc(-c3ccc(-c4cnc([C@H]5[C@H]6CC[C@@H](C6)N5C(=O)[C@@H](Cc5ccccn5)NC(=O)OC)[nH]4)cc3)cc2)[nH]1. The molecule has 2 aromatic carbocycles. The normalized spacial score (nSPS) is 19.8. The molecule has 6 atom stereocenters. The van der Waals surface area contributed by atoms with Gasteiger partial charge < -0.3 is 39.9 Å². The van der Waals surface area contributed by atoms with E-state index in [1.807, 2.05) is 53.6 Å². The van der Waals surface area contributed by atoms with Crippen LogP contribution in [0, 0.1) is 5.92 Å². The Morgan fingerprint density at radius 2 is 1.19 bits per heavy atom. The molecule has 4 N–H and O–H groups in total. The number of ether oxygens (including phenoxy) is 2. The zero-order valence-corrected chi connectivity index (χ0v) is 35.6. The maximum atomic E-state index is 14.3. The molecule has 0 spiro atoms. The highest BCUT2D eigenvalue weighted by atomic mass is 16.5. The third kappa shape index (κ3) is 8.80. The molecule has 328 valence electrons. The number of methoxy groups -OCH3 is 2. The number of carbonyl (C=O) groups is 4. The lowest BCUT2D eigenvalue weighted by atomic mass is 9.96. The van der Waals surface area contributed by atoms with E-state index in [1.54, 1.807) is 29.6 Å². The molecule has 16 heteroatoms. The Labute approximate surface area is 370 Å². The van der Waals surface area contributed by atoms with Gasteiger partial charge in [0.15, 0.2) is 0 Å². The van der Waals surface area contributed by atoms with Gasteiger partial charge in [0.1, 0.15) is 23.7 Å². The number of aromatic amines is 2. The fraction of sp³-hybridized carbons (Fsp3) is 0.333. The van der Waals surface area contributed by atoms with Crippen LogP contribution in [-0.4, -0.2) is 103 Å². The Hall–Kier alpha value is -7.36. The zero-order valence-electron chi connectivity index (χ0n) is 35.6. The van der Waals surface area contributed by atoms with Crippen LogP contribution in [0.3, 0.4) is 0 Å². The van der Waals surface area contributed by atoms with Gasteiger partial charge in [-0.2, -0.15) is 0 Å². The number of H-pyrrole nitrogens is 2. The average Bonchev–Trinajstić information content (AvgIpc) is 4.21. The molecular formula is C48H50N10O6. The summed E-state index contributed by atoms with van der Waals surface area (Å²) in [7, 11) is 2.57. The number of nitrogens with one attached hydrogen (secondary N) is 4. The number of benzene rings is 2. The van der Waals surface area contributed by atoms with Crippen molar-refractivity contribution in [2.24, 2.45) is 5.92 Å². The second-order valence-electron chi connectivity index (χ2n) is 16.6. The van der Waals surface area contributed by atoms with Crippen LogP contribution in [0.4, 0.5) is 9.59 Å². The molecule has 64 heavy (non-hydrogen) atoms. The van der Waals surface area contributed by atoms with Crippen molar-refractivity contribution >= 4 is 24.0 Å². The topological polar surface area (TPSA) is 200 Å². The smallest absolute Gasteiger partial charge is 0.407 e. The van der Waals surface area contributed by atoms with Gasteiger partial charge in [-0.15, -0.1) is 0 Å². The van der Waals surface area contributed by atoms with E-state index in [0.717, 1.165) is 71.6 Å². The quantitative estimate of drug-likeness (QED) is 0.0984. The molecule has 4 amide bonds. The number of amides is 4. The van der Waals surface area contributed by atoms with E-state index < -0.39 is 24.3 Å². The van der Waals surface area contributed by atoms with E-state index >= 15 is 0 Å². The third-order valence-electron chi connectivity index (χ3n) is 12.7. The number of pyridine rings is 2. The lowest BCUT2D eigenvalue weighted by molar-refractivity contribution is -0.138. The van der Waals surface area contributed by atoms with Gasteiger partial charge in [0, 0.05) is 49.2 Å². The fourth-order valence-electron chi connectivity index (χ4n) is 9.58. The first kappa shape index (κ1) is 42.0. The van der Waals surface area contributed by atoms with Crippen molar-refractivity contribution in [1.29, 1.82) is 0 Å². The number of piperidine rings is 1. The molecule has 2 bridgehead atoms. The number of fused-ring (bicyclic) bond motifs is 2. The number of nitrogens with zero attached hydrogens (tertiary/aromatic N) is 6. The summed E-state index contributed by atoms with van der Waals surface area (Å²) in [5.74, 6) is 1.31. The van der Waals surface area contributed by atoms with Crippen molar-refractivity contribution in [3.05, 3.63) is 133 Å². The molecule has 0 unspecified atom stereocenters. The van der Waals surface area contributed by atoms with Crippen molar-refractivity contribution in [1.82, 2.24) is 50.3 Å². The zero-order chi connectivity index (χ0) is 44.2. The molecule has 1 saturated carbocycles. The number of aromatic nitrogens is 6. The van der Waals surface area contributed by atoms with E-state index in [1.165, 1.54) is 14.2 Å². The van der Waals surface area contributed by atoms with Gasteiger partial charge in [-0.05, 0) is 84.5 Å². The standard InChI is InChI=1S/C48H50N10O6/c1-63-47(61)55-37(25-34-8-3-5-21-49-34)45(59)57-23-7-10-41(57)43-51-27-39(53-43)31-15-11-29(12-16-31)30-13-17-32(18-14-30)40-28-52-44(54-40)42-33-19-20-36(24-33)58(42)46(60)38(56-48(62)64-2)26-35-9-4-6-22-50-35/h3-6,8-9,11-18,21-22,27-28,33,36-38,41-42H,7,10,19-20,23-26H2,1-2H3,(H,51,53)(H,52,54)(H,55,61)(H,56,62)/t33-,36-,37-,38+,41-,42+/m0/s1. The van der Waals surface area contributed by atoms with Crippen LogP contribution in [0.5, 0.6) is 0 Å². The van der Waals surface area contributed by atoms with Crippen molar-refractivity contribution in [3.63, 3.8) is 0 Å². The molecule has 1 aliphatic carbocycles. The Morgan fingerprint density at radius 1 is 0.656 bits per heavy atom. The van der Waals surface area contributed by atoms with Crippen LogP contribution in [-0.2, 0) is 31.9 Å².